The molecule has 21 nitrogen and oxygen atoms in total. The Hall–Kier alpha value is -8.48. The number of hydrogen-bond donors (Lipinski definition) is 4. The van der Waals surface area contributed by atoms with E-state index in [1.165, 1.54) is 11.6 Å². The molecule has 0 spiro atoms. The third kappa shape index (κ3) is 11.5. The molecule has 13 heterocycles. The van der Waals surface area contributed by atoms with Gasteiger partial charge in [-0.15, -0.1) is 0 Å². The average molecular weight is 1260 g/mol. The summed E-state index contributed by atoms with van der Waals surface area (Å²) in [7, 11) is 5.92. The summed E-state index contributed by atoms with van der Waals surface area (Å²) in [6.45, 7) is 13.9. The summed E-state index contributed by atoms with van der Waals surface area (Å²) in [5, 5.41) is 38.5. The number of piperidine rings is 1. The van der Waals surface area contributed by atoms with E-state index < -0.39 is 11.7 Å². The standard InChI is InChI=1S/C17H17F3N4O.C15H17ClN6.C15H17ClN4O.C14H14ClN5/c1-9-22-15-14(25-9)7-24(8-16(15,2)3)13-5-10(17(18,19)20)4-12-11(13)6-21-23-12;1-20-3-2-17-15(20)22-6-4-21(5-7-22)14-9-11(16)8-13-12(14)10-18-19-13;1-19-11-3-2-9(15(19)21)7-20(8-11)14-5-10(16)4-13-12(14)6-17-18-13;1-19-7-9-2-3-20(8-13(9)18-19)14-5-10(15)4-12-11(14)6-16-17-12/h4-6H,7-8H2,1-3H3,(H,21,23);2-3,8-10H,4-7H2,1H3,(H,18,19);4-6,9,11H,2-3,7-8H2,1H3,(H,17,18);4-7H,2-3,8H2,1H3,(H,16,17)/t;;9-,11+;/m..1./s1. The maximum absolute atomic E-state index is 13.3. The van der Waals surface area contributed by atoms with Crippen molar-refractivity contribution in [2.75, 3.05) is 83.9 Å². The number of carbonyl (C=O) groups excluding carboxylic acids is 1. The van der Waals surface area contributed by atoms with Crippen LogP contribution in [0.4, 0.5) is 41.9 Å². The molecule has 4 saturated heterocycles. The molecule has 7 aromatic heterocycles. The predicted molar refractivity (Wildman–Crippen MR) is 337 cm³/mol. The van der Waals surface area contributed by atoms with Crippen molar-refractivity contribution >= 4 is 113 Å². The number of anilines is 5. The molecule has 1 amide bonds. The van der Waals surface area contributed by atoms with Crippen molar-refractivity contribution in [3.63, 3.8) is 0 Å². The van der Waals surface area contributed by atoms with Crippen LogP contribution in [0.5, 0.6) is 0 Å². The van der Waals surface area contributed by atoms with E-state index in [0.717, 1.165) is 155 Å². The number of likely N-dealkylation sites (N-methyl/N-ethyl adjacent to an activating group) is 1. The van der Waals surface area contributed by atoms with Gasteiger partial charge in [0.1, 0.15) is 5.76 Å². The lowest BCUT2D eigenvalue weighted by molar-refractivity contribution is -0.138. The summed E-state index contributed by atoms with van der Waals surface area (Å²) in [5.41, 5.74) is 9.42. The van der Waals surface area contributed by atoms with Crippen LogP contribution in [-0.2, 0) is 50.0 Å². The van der Waals surface area contributed by atoms with E-state index >= 15 is 0 Å². The average Bonchev–Trinajstić information content (AvgIpc) is 3.74. The van der Waals surface area contributed by atoms with Gasteiger partial charge in [0.15, 0.2) is 5.89 Å². The molecule has 0 aliphatic carbocycles. The fourth-order valence-electron chi connectivity index (χ4n) is 13.1. The van der Waals surface area contributed by atoms with Crippen LogP contribution in [0.15, 0.2) is 96.3 Å². The number of carbonyl (C=O) groups is 1. The molecular formula is C61H65Cl3F3N19O2. The van der Waals surface area contributed by atoms with Gasteiger partial charge in [-0.2, -0.15) is 38.7 Å². The number of halogens is 6. The number of oxazole rings is 1. The summed E-state index contributed by atoms with van der Waals surface area (Å²) >= 11 is 18.7. The first-order valence-electron chi connectivity index (χ1n) is 29.1. The van der Waals surface area contributed by atoms with E-state index in [4.69, 9.17) is 39.2 Å². The van der Waals surface area contributed by atoms with Crippen molar-refractivity contribution in [3.05, 3.63) is 141 Å². The zero-order valence-electron chi connectivity index (χ0n) is 49.3. The normalized spacial score (nSPS) is 18.3. The minimum atomic E-state index is -4.42. The molecule has 0 radical (unpaired) electrons. The summed E-state index contributed by atoms with van der Waals surface area (Å²) in [6.07, 6.45) is 11.7. The Morgan fingerprint density at radius 3 is 1.76 bits per heavy atom. The van der Waals surface area contributed by atoms with E-state index in [9.17, 15) is 18.0 Å². The number of rotatable bonds is 5. The third-order valence-electron chi connectivity index (χ3n) is 17.4. The number of hydrogen-bond acceptors (Lipinski definition) is 14. The van der Waals surface area contributed by atoms with E-state index in [0.29, 0.717) is 46.4 Å². The van der Waals surface area contributed by atoms with Gasteiger partial charge in [-0.3, -0.25) is 29.9 Å². The topological polar surface area (TPSA) is 213 Å². The Kier molecular flexibility index (Phi) is 15.5. The smallest absolute Gasteiger partial charge is 0.416 e. The maximum Gasteiger partial charge on any atom is 0.416 e. The summed E-state index contributed by atoms with van der Waals surface area (Å²) < 4.78 is 49.5. The molecule has 2 atom stereocenters. The van der Waals surface area contributed by atoms with Crippen molar-refractivity contribution in [3.8, 4) is 0 Å². The zero-order valence-corrected chi connectivity index (χ0v) is 51.6. The Bertz CT molecular complexity index is 4360. The highest BCUT2D eigenvalue weighted by atomic mass is 35.5. The number of fused-ring (bicyclic) bond motifs is 10. The number of H-pyrrole nitrogens is 4. The van der Waals surface area contributed by atoms with Crippen LogP contribution in [0.25, 0.3) is 43.6 Å². The van der Waals surface area contributed by atoms with Crippen molar-refractivity contribution in [2.45, 2.75) is 70.8 Å². The van der Waals surface area contributed by atoms with Crippen LogP contribution in [-0.4, -0.2) is 141 Å². The summed E-state index contributed by atoms with van der Waals surface area (Å²) in [6, 6.07) is 14.3. The monoisotopic (exact) mass is 1260 g/mol. The number of benzene rings is 4. The predicted octanol–water partition coefficient (Wildman–Crippen LogP) is 11.2. The SMILES string of the molecule is CN1C(=O)[C@@H]2CC[C@H]1CN(c1cc(Cl)cc3[nH]ncc13)C2.Cc1nc2c(o1)CN(c1cc(C(F)(F)F)cc3[nH]ncc13)CC2(C)C.Cn1cc2c(n1)CN(c1cc(Cl)cc3[nH]ncc13)CC2.Cn1ccnc1N1CCN(c2cc(Cl)cc3[nH]ncc23)CC1. The Labute approximate surface area is 518 Å². The summed E-state index contributed by atoms with van der Waals surface area (Å²) in [4.78, 5) is 34.3. The van der Waals surface area contributed by atoms with Crippen LogP contribution in [0, 0.1) is 12.8 Å². The number of aromatic nitrogens is 13. The first-order valence-corrected chi connectivity index (χ1v) is 30.2. The van der Waals surface area contributed by atoms with Crippen LogP contribution in [0.3, 0.4) is 0 Å². The van der Waals surface area contributed by atoms with Gasteiger partial charge >= 0.3 is 6.18 Å². The number of nitrogens with zero attached hydrogens (tertiary/aromatic N) is 15. The first kappa shape index (κ1) is 58.5. The molecule has 11 aromatic rings. The molecule has 4 fully saturated rings. The van der Waals surface area contributed by atoms with Gasteiger partial charge < -0.3 is 38.4 Å². The second-order valence-corrected chi connectivity index (χ2v) is 25.2. The lowest BCUT2D eigenvalue weighted by Crippen LogP contribution is -2.47. The van der Waals surface area contributed by atoms with E-state index in [1.807, 2.05) is 117 Å². The highest BCUT2D eigenvalue weighted by Gasteiger charge is 2.41. The number of aryl methyl sites for hydroxylation is 3. The van der Waals surface area contributed by atoms with Crippen molar-refractivity contribution in [2.24, 2.45) is 20.0 Å². The molecule has 2 bridgehead atoms. The van der Waals surface area contributed by atoms with Gasteiger partial charge in [-0.1, -0.05) is 48.7 Å². The molecule has 27 heteroatoms. The molecule has 17 rings (SSSR count). The van der Waals surface area contributed by atoms with Crippen LogP contribution < -0.4 is 24.5 Å². The number of piperazine rings is 1. The number of amides is 1. The molecule has 6 aliphatic heterocycles. The fourth-order valence-corrected chi connectivity index (χ4v) is 13.7. The lowest BCUT2D eigenvalue weighted by atomic mass is 9.84. The van der Waals surface area contributed by atoms with Gasteiger partial charge in [0.2, 0.25) is 11.9 Å². The van der Waals surface area contributed by atoms with Crippen molar-refractivity contribution in [1.29, 1.82) is 0 Å². The highest BCUT2D eigenvalue weighted by Crippen LogP contribution is 2.42. The van der Waals surface area contributed by atoms with Gasteiger partial charge in [-0.25, -0.2) is 9.97 Å². The third-order valence-corrected chi connectivity index (χ3v) is 18.1. The quantitative estimate of drug-likeness (QED) is 0.126. The fraction of sp³-hybridized carbons (Fsp3) is 0.377. The van der Waals surface area contributed by atoms with Gasteiger partial charge in [0.25, 0.3) is 0 Å². The molecule has 6 aliphatic rings. The van der Waals surface area contributed by atoms with Crippen LogP contribution in [0.1, 0.15) is 60.9 Å². The van der Waals surface area contributed by atoms with Gasteiger partial charge in [0, 0.05) is 170 Å². The first-order chi connectivity index (χ1) is 42.2. The van der Waals surface area contributed by atoms with Crippen LogP contribution >= 0.6 is 34.8 Å². The second-order valence-electron chi connectivity index (χ2n) is 23.9. The van der Waals surface area contributed by atoms with E-state index in [-0.39, 0.29) is 23.3 Å². The lowest BCUT2D eigenvalue weighted by Gasteiger charge is -2.38. The van der Waals surface area contributed by atoms with E-state index in [1.54, 1.807) is 13.1 Å². The summed E-state index contributed by atoms with van der Waals surface area (Å²) in [5.74, 6) is 2.66. The molecule has 88 heavy (non-hydrogen) atoms. The number of aromatic amines is 4. The van der Waals surface area contributed by atoms with Crippen molar-refractivity contribution in [1.82, 2.24) is 70.0 Å². The number of imidazole rings is 1. The number of nitrogens with one attached hydrogen (secondary N) is 4. The highest BCUT2D eigenvalue weighted by molar-refractivity contribution is 6.32. The van der Waals surface area contributed by atoms with Gasteiger partial charge in [0.05, 0.1) is 82.8 Å². The minimum Gasteiger partial charge on any atom is -0.444 e. The molecule has 4 aromatic carbocycles. The Morgan fingerprint density at radius 2 is 1.19 bits per heavy atom. The van der Waals surface area contributed by atoms with Crippen LogP contribution in [0.2, 0.25) is 15.1 Å². The van der Waals surface area contributed by atoms with Crippen molar-refractivity contribution < 1.29 is 22.4 Å². The molecule has 0 unspecified atom stereocenters. The Morgan fingerprint density at radius 1 is 0.648 bits per heavy atom. The Balaban J connectivity index is 0.000000109. The maximum atomic E-state index is 13.3. The zero-order chi connectivity index (χ0) is 61.3. The largest absolute Gasteiger partial charge is 0.444 e. The molecule has 458 valence electrons. The van der Waals surface area contributed by atoms with Gasteiger partial charge in [-0.05, 0) is 73.4 Å². The molecular weight excluding hydrogens is 1190 g/mol. The molecule has 4 N–H and O–H groups in total. The van der Waals surface area contributed by atoms with E-state index in [2.05, 4.69) is 86.2 Å². The molecule has 0 saturated carbocycles. The second kappa shape index (κ2) is 23.2. The number of alkyl halides is 3. The minimum absolute atomic E-state index is 0.0923.